The highest BCUT2D eigenvalue weighted by Crippen LogP contribution is 2.16. The summed E-state index contributed by atoms with van der Waals surface area (Å²) in [5, 5.41) is 0. The van der Waals surface area contributed by atoms with Gasteiger partial charge in [0, 0.05) is 19.3 Å². The van der Waals surface area contributed by atoms with Gasteiger partial charge in [-0.1, -0.05) is 254 Å². The van der Waals surface area contributed by atoms with Gasteiger partial charge in [0.2, 0.25) is 0 Å². The van der Waals surface area contributed by atoms with Gasteiger partial charge in [-0.3, -0.25) is 14.4 Å². The van der Waals surface area contributed by atoms with E-state index in [2.05, 4.69) is 106 Å². The highest BCUT2D eigenvalue weighted by atomic mass is 16.6. The van der Waals surface area contributed by atoms with E-state index in [0.29, 0.717) is 19.3 Å². The predicted molar refractivity (Wildman–Crippen MR) is 316 cm³/mol. The summed E-state index contributed by atoms with van der Waals surface area (Å²) in [5.74, 6) is -0.891. The number of rotatable bonds is 56. The summed E-state index contributed by atoms with van der Waals surface area (Å²) in [6.45, 7) is 6.50. The van der Waals surface area contributed by atoms with Crippen LogP contribution in [0.15, 0.2) is 85.1 Å². The van der Waals surface area contributed by atoms with E-state index in [9.17, 15) is 14.4 Å². The average molecular weight is 1020 g/mol. The van der Waals surface area contributed by atoms with Crippen LogP contribution in [0.4, 0.5) is 0 Å². The first kappa shape index (κ1) is 69.6. The van der Waals surface area contributed by atoms with Crippen LogP contribution in [0.25, 0.3) is 0 Å². The van der Waals surface area contributed by atoms with Crippen LogP contribution in [0.3, 0.4) is 0 Å². The quantitative estimate of drug-likeness (QED) is 0.0261. The number of ether oxygens (including phenoxy) is 3. The van der Waals surface area contributed by atoms with Crippen molar-refractivity contribution >= 4 is 17.9 Å². The number of hydrogen-bond donors (Lipinski definition) is 0. The fraction of sp³-hybridized carbons (Fsp3) is 0.746. The molecule has 0 spiro atoms. The van der Waals surface area contributed by atoms with Crippen molar-refractivity contribution in [3.63, 3.8) is 0 Å². The van der Waals surface area contributed by atoms with Crippen LogP contribution in [-0.2, 0) is 28.6 Å². The molecule has 0 aromatic rings. The molecule has 0 amide bonds. The van der Waals surface area contributed by atoms with Gasteiger partial charge in [0.25, 0.3) is 0 Å². The minimum Gasteiger partial charge on any atom is -0.462 e. The summed E-state index contributed by atoms with van der Waals surface area (Å²) in [4.78, 5) is 38.2. The monoisotopic (exact) mass is 1020 g/mol. The molecule has 0 N–H and O–H groups in total. The molecule has 0 saturated carbocycles. The highest BCUT2D eigenvalue weighted by molar-refractivity contribution is 5.71. The van der Waals surface area contributed by atoms with Crippen LogP contribution >= 0.6 is 0 Å². The third kappa shape index (κ3) is 59.3. The van der Waals surface area contributed by atoms with Gasteiger partial charge in [0.05, 0.1) is 0 Å². The molecule has 0 aliphatic rings. The first-order valence-corrected chi connectivity index (χ1v) is 31.1. The Morgan fingerprint density at radius 2 is 0.534 bits per heavy atom. The van der Waals surface area contributed by atoms with Crippen molar-refractivity contribution in [3.05, 3.63) is 85.1 Å². The molecule has 0 aromatic carbocycles. The Balaban J connectivity index is 4.31. The Labute approximate surface area is 452 Å². The summed E-state index contributed by atoms with van der Waals surface area (Å²) in [5.41, 5.74) is 0. The first-order valence-electron chi connectivity index (χ1n) is 31.1. The molecule has 0 aromatic heterocycles. The van der Waals surface area contributed by atoms with Crippen molar-refractivity contribution < 1.29 is 28.6 Å². The van der Waals surface area contributed by atoms with Gasteiger partial charge in [-0.15, -0.1) is 0 Å². The zero-order chi connectivity index (χ0) is 52.9. The molecule has 0 saturated heterocycles. The third-order valence-corrected chi connectivity index (χ3v) is 13.4. The van der Waals surface area contributed by atoms with Gasteiger partial charge in [-0.25, -0.2) is 0 Å². The second kappa shape index (κ2) is 61.1. The molecule has 0 aliphatic carbocycles. The average Bonchev–Trinajstić information content (AvgIpc) is 3.39. The van der Waals surface area contributed by atoms with Gasteiger partial charge in [0.1, 0.15) is 13.2 Å². The fourth-order valence-electron chi connectivity index (χ4n) is 8.69. The second-order valence-electron chi connectivity index (χ2n) is 20.6. The number of hydrogen-bond acceptors (Lipinski definition) is 6. The maximum absolute atomic E-state index is 12.9. The normalized spacial score (nSPS) is 12.6. The predicted octanol–water partition coefficient (Wildman–Crippen LogP) is 21.1. The molecule has 1 unspecified atom stereocenters. The number of esters is 3. The van der Waals surface area contributed by atoms with Crippen molar-refractivity contribution in [2.75, 3.05) is 13.2 Å². The SMILES string of the molecule is CC/C=C\C/C=C\C/C=C\C/C=C\CCCCCCCCCCCCCCC(=O)OCC(COC(=O)CCCCCCC/C=C\CCCCCC)OC(=O)CCCCCCCCC/C=C\C/C=C\CCCCC. The summed E-state index contributed by atoms with van der Waals surface area (Å²) in [7, 11) is 0. The van der Waals surface area contributed by atoms with E-state index in [4.69, 9.17) is 14.2 Å². The van der Waals surface area contributed by atoms with Gasteiger partial charge < -0.3 is 14.2 Å². The third-order valence-electron chi connectivity index (χ3n) is 13.4. The number of allylic oxidation sites excluding steroid dienone is 14. The van der Waals surface area contributed by atoms with Crippen LogP contribution in [0, 0.1) is 0 Å². The highest BCUT2D eigenvalue weighted by Gasteiger charge is 2.19. The zero-order valence-corrected chi connectivity index (χ0v) is 48.1. The zero-order valence-electron chi connectivity index (χ0n) is 48.1. The smallest absolute Gasteiger partial charge is 0.306 e. The maximum atomic E-state index is 12.9. The minimum absolute atomic E-state index is 0.0821. The largest absolute Gasteiger partial charge is 0.462 e. The summed E-state index contributed by atoms with van der Waals surface area (Å²) in [6.07, 6.45) is 80.1. The lowest BCUT2D eigenvalue weighted by Crippen LogP contribution is -2.30. The molecule has 1 atom stereocenters. The summed E-state index contributed by atoms with van der Waals surface area (Å²) in [6, 6.07) is 0. The Morgan fingerprint density at radius 3 is 0.877 bits per heavy atom. The van der Waals surface area contributed by atoms with E-state index in [1.54, 1.807) is 0 Å². The molecule has 0 fully saturated rings. The Morgan fingerprint density at radius 1 is 0.288 bits per heavy atom. The molecule has 6 nitrogen and oxygen atoms in total. The molecular formula is C67H116O6. The number of carbonyl (C=O) groups excluding carboxylic acids is 3. The number of carbonyl (C=O) groups is 3. The molecule has 0 heterocycles. The van der Waals surface area contributed by atoms with E-state index in [1.807, 2.05) is 0 Å². The van der Waals surface area contributed by atoms with E-state index in [1.165, 1.54) is 161 Å². The van der Waals surface area contributed by atoms with E-state index >= 15 is 0 Å². The molecular weight excluding hydrogens is 901 g/mol. The van der Waals surface area contributed by atoms with Gasteiger partial charge in [-0.05, 0) is 116 Å². The van der Waals surface area contributed by atoms with E-state index in [-0.39, 0.29) is 31.1 Å². The van der Waals surface area contributed by atoms with Crippen LogP contribution < -0.4 is 0 Å². The van der Waals surface area contributed by atoms with E-state index in [0.717, 1.165) is 103 Å². The van der Waals surface area contributed by atoms with E-state index < -0.39 is 6.10 Å². The summed E-state index contributed by atoms with van der Waals surface area (Å²) >= 11 is 0. The standard InChI is InChI=1S/C67H116O6/c1-4-7-10-13-16-19-22-25-27-29-30-31-32-33-34-35-36-38-39-42-45-48-51-54-57-60-66(69)72-63-64(62-71-65(68)59-56-53-50-47-44-41-24-21-18-15-12-9-6-3)73-67(70)61-58-55-52-49-46-43-40-37-28-26-23-20-17-14-11-8-5-2/h7,10,16-17,19-21,24-28,30-31,64H,4-6,8-9,11-15,18,22-23,29,32-63H2,1-3H3/b10-7-,19-16-,20-17-,24-21-,27-25-,28-26-,31-30-. The van der Waals surface area contributed by atoms with Crippen molar-refractivity contribution in [2.45, 2.75) is 309 Å². The lowest BCUT2D eigenvalue weighted by molar-refractivity contribution is -0.167. The fourth-order valence-corrected chi connectivity index (χ4v) is 8.69. The summed E-state index contributed by atoms with van der Waals surface area (Å²) < 4.78 is 16.9. The Bertz CT molecular complexity index is 1400. The molecule has 0 aliphatic heterocycles. The molecule has 0 bridgehead atoms. The van der Waals surface area contributed by atoms with Gasteiger partial charge >= 0.3 is 17.9 Å². The van der Waals surface area contributed by atoms with Gasteiger partial charge in [0.15, 0.2) is 6.10 Å². The lowest BCUT2D eigenvalue weighted by atomic mass is 10.0. The maximum Gasteiger partial charge on any atom is 0.306 e. The van der Waals surface area contributed by atoms with Crippen molar-refractivity contribution in [3.8, 4) is 0 Å². The molecule has 420 valence electrons. The second-order valence-corrected chi connectivity index (χ2v) is 20.6. The van der Waals surface area contributed by atoms with Crippen molar-refractivity contribution in [1.82, 2.24) is 0 Å². The minimum atomic E-state index is -0.785. The Kier molecular flexibility index (Phi) is 58.3. The molecule has 0 rings (SSSR count). The van der Waals surface area contributed by atoms with Crippen LogP contribution in [-0.4, -0.2) is 37.2 Å². The molecule has 6 heteroatoms. The number of unbranched alkanes of at least 4 members (excludes halogenated alkanes) is 31. The van der Waals surface area contributed by atoms with Crippen molar-refractivity contribution in [1.29, 1.82) is 0 Å². The van der Waals surface area contributed by atoms with Crippen LogP contribution in [0.5, 0.6) is 0 Å². The Hall–Kier alpha value is -3.41. The van der Waals surface area contributed by atoms with Crippen LogP contribution in [0.1, 0.15) is 303 Å². The molecule has 73 heavy (non-hydrogen) atoms. The lowest BCUT2D eigenvalue weighted by Gasteiger charge is -2.18. The topological polar surface area (TPSA) is 78.9 Å². The first-order chi connectivity index (χ1) is 36.0. The molecule has 0 radical (unpaired) electrons. The van der Waals surface area contributed by atoms with Gasteiger partial charge in [-0.2, -0.15) is 0 Å². The van der Waals surface area contributed by atoms with Crippen LogP contribution in [0.2, 0.25) is 0 Å². The van der Waals surface area contributed by atoms with Crippen molar-refractivity contribution in [2.24, 2.45) is 0 Å².